The van der Waals surface area contributed by atoms with Crippen molar-refractivity contribution in [1.29, 1.82) is 0 Å². The van der Waals surface area contributed by atoms with Gasteiger partial charge in [0, 0.05) is 50.9 Å². The molecule has 0 N–H and O–H groups in total. The van der Waals surface area contributed by atoms with Gasteiger partial charge in [-0.2, -0.15) is 4.98 Å². The lowest BCUT2D eigenvalue weighted by atomic mass is 10.2. The lowest BCUT2D eigenvalue weighted by molar-refractivity contribution is 0.0704. The topological polar surface area (TPSA) is 101 Å². The van der Waals surface area contributed by atoms with Crippen molar-refractivity contribution in [2.75, 3.05) is 31.1 Å². The Morgan fingerprint density at radius 3 is 2.56 bits per heavy atom. The molecule has 3 aromatic rings. The van der Waals surface area contributed by atoms with Gasteiger partial charge in [-0.05, 0) is 12.1 Å². The Kier molecular flexibility index (Phi) is 3.88. The zero-order chi connectivity index (χ0) is 17.2. The van der Waals surface area contributed by atoms with Gasteiger partial charge in [0.15, 0.2) is 0 Å². The molecule has 0 spiro atoms. The Hall–Kier alpha value is -3.23. The predicted molar refractivity (Wildman–Crippen MR) is 86.9 cm³/mol. The molecule has 0 unspecified atom stereocenters. The van der Waals surface area contributed by atoms with Gasteiger partial charge < -0.3 is 18.8 Å². The van der Waals surface area contributed by atoms with Crippen LogP contribution < -0.4 is 4.90 Å². The number of piperazine rings is 1. The maximum Gasteiger partial charge on any atom is 0.292 e. The first kappa shape index (κ1) is 15.3. The van der Waals surface area contributed by atoms with Crippen molar-refractivity contribution >= 4 is 11.7 Å². The third-order valence-corrected chi connectivity index (χ3v) is 4.07. The summed E-state index contributed by atoms with van der Waals surface area (Å²) in [5, 5.41) is 7.46. The summed E-state index contributed by atoms with van der Waals surface area (Å²) >= 11 is 0. The molecule has 1 aliphatic heterocycles. The number of anilines is 1. The first-order valence-corrected chi connectivity index (χ1v) is 7.92. The average molecular weight is 340 g/mol. The van der Waals surface area contributed by atoms with Gasteiger partial charge in [-0.15, -0.1) is 0 Å². The fraction of sp³-hybridized carbons (Fsp3) is 0.312. The molecular weight excluding hydrogens is 324 g/mol. The highest BCUT2D eigenvalue weighted by Crippen LogP contribution is 2.20. The van der Waals surface area contributed by atoms with Crippen LogP contribution in [0, 0.1) is 6.92 Å². The number of carbonyl (C=O) groups is 1. The fourth-order valence-corrected chi connectivity index (χ4v) is 2.74. The molecule has 0 radical (unpaired) electrons. The second-order valence-corrected chi connectivity index (χ2v) is 5.70. The third kappa shape index (κ3) is 3.08. The molecule has 1 saturated heterocycles. The first-order valence-electron chi connectivity index (χ1n) is 7.92. The number of amides is 1. The zero-order valence-corrected chi connectivity index (χ0v) is 13.6. The van der Waals surface area contributed by atoms with Crippen LogP contribution in [0.1, 0.15) is 16.4 Å². The van der Waals surface area contributed by atoms with Crippen molar-refractivity contribution in [3.8, 4) is 11.4 Å². The van der Waals surface area contributed by atoms with E-state index in [9.17, 15) is 4.79 Å². The van der Waals surface area contributed by atoms with E-state index in [-0.39, 0.29) is 11.7 Å². The van der Waals surface area contributed by atoms with E-state index in [1.54, 1.807) is 24.1 Å². The Morgan fingerprint density at radius 2 is 1.96 bits per heavy atom. The van der Waals surface area contributed by atoms with E-state index in [1.165, 1.54) is 6.20 Å². The molecule has 0 aliphatic carbocycles. The highest BCUT2D eigenvalue weighted by atomic mass is 16.5. The van der Waals surface area contributed by atoms with Gasteiger partial charge in [0.2, 0.25) is 17.5 Å². The van der Waals surface area contributed by atoms with Crippen molar-refractivity contribution in [1.82, 2.24) is 25.2 Å². The van der Waals surface area contributed by atoms with Crippen LogP contribution in [0.25, 0.3) is 11.4 Å². The van der Waals surface area contributed by atoms with Gasteiger partial charge in [-0.25, -0.2) is 4.98 Å². The SMILES string of the molecule is Cc1nc(-c2ccc(N3CCN(C(=O)c4ccno4)CC3)nc2)no1. The fourth-order valence-electron chi connectivity index (χ4n) is 2.74. The maximum absolute atomic E-state index is 12.2. The molecule has 1 aliphatic rings. The first-order chi connectivity index (χ1) is 12.2. The Bertz CT molecular complexity index is 850. The second-order valence-electron chi connectivity index (χ2n) is 5.70. The summed E-state index contributed by atoms with van der Waals surface area (Å²) in [4.78, 5) is 24.8. The van der Waals surface area contributed by atoms with E-state index in [0.29, 0.717) is 37.9 Å². The van der Waals surface area contributed by atoms with Crippen molar-refractivity contribution in [2.24, 2.45) is 0 Å². The lowest BCUT2D eigenvalue weighted by Crippen LogP contribution is -2.49. The standard InChI is InChI=1S/C16H16N6O3/c1-11-19-15(20-24-11)12-2-3-14(17-10-12)21-6-8-22(9-7-21)16(23)13-4-5-18-25-13/h2-5,10H,6-9H2,1H3. The van der Waals surface area contributed by atoms with E-state index >= 15 is 0 Å². The van der Waals surface area contributed by atoms with Gasteiger partial charge in [0.05, 0.1) is 6.20 Å². The molecule has 9 heteroatoms. The molecule has 9 nitrogen and oxygen atoms in total. The van der Waals surface area contributed by atoms with Crippen LogP contribution in [-0.2, 0) is 0 Å². The highest BCUT2D eigenvalue weighted by Gasteiger charge is 2.24. The number of carbonyl (C=O) groups excluding carboxylic acids is 1. The van der Waals surface area contributed by atoms with Crippen LogP contribution in [-0.4, -0.2) is 57.3 Å². The number of nitrogens with zero attached hydrogens (tertiary/aromatic N) is 6. The zero-order valence-electron chi connectivity index (χ0n) is 13.6. The Balaban J connectivity index is 1.40. The van der Waals surface area contributed by atoms with Crippen molar-refractivity contribution in [2.45, 2.75) is 6.92 Å². The van der Waals surface area contributed by atoms with E-state index in [1.807, 2.05) is 12.1 Å². The molecule has 0 aromatic carbocycles. The Labute approximate surface area is 143 Å². The van der Waals surface area contributed by atoms with E-state index < -0.39 is 0 Å². The number of aromatic nitrogens is 4. The third-order valence-electron chi connectivity index (χ3n) is 4.07. The molecule has 0 saturated carbocycles. The molecule has 1 fully saturated rings. The molecular formula is C16H16N6O3. The molecule has 25 heavy (non-hydrogen) atoms. The monoisotopic (exact) mass is 340 g/mol. The number of aryl methyl sites for hydroxylation is 1. The van der Waals surface area contributed by atoms with Gasteiger partial charge in [-0.3, -0.25) is 4.79 Å². The summed E-state index contributed by atoms with van der Waals surface area (Å²) in [5.41, 5.74) is 0.805. The number of hydrogen-bond acceptors (Lipinski definition) is 8. The Morgan fingerprint density at radius 1 is 1.12 bits per heavy atom. The highest BCUT2D eigenvalue weighted by molar-refractivity contribution is 5.91. The summed E-state index contributed by atoms with van der Waals surface area (Å²) in [6.45, 7) is 4.36. The molecule has 0 atom stereocenters. The number of hydrogen-bond donors (Lipinski definition) is 0. The normalized spacial score (nSPS) is 14.8. The summed E-state index contributed by atoms with van der Waals surface area (Å²) in [7, 11) is 0. The lowest BCUT2D eigenvalue weighted by Gasteiger charge is -2.34. The van der Waals surface area contributed by atoms with Gasteiger partial charge in [-0.1, -0.05) is 10.3 Å². The van der Waals surface area contributed by atoms with Crippen LogP contribution >= 0.6 is 0 Å². The minimum atomic E-state index is -0.132. The van der Waals surface area contributed by atoms with Crippen LogP contribution in [0.5, 0.6) is 0 Å². The number of rotatable bonds is 3. The van der Waals surface area contributed by atoms with Gasteiger partial charge in [0.1, 0.15) is 5.82 Å². The minimum Gasteiger partial charge on any atom is -0.353 e. The minimum absolute atomic E-state index is 0.132. The van der Waals surface area contributed by atoms with Crippen LogP contribution in [0.15, 0.2) is 39.6 Å². The summed E-state index contributed by atoms with van der Waals surface area (Å²) < 4.78 is 9.91. The summed E-state index contributed by atoms with van der Waals surface area (Å²) in [6, 6.07) is 5.42. The molecule has 0 bridgehead atoms. The number of pyridine rings is 1. The quantitative estimate of drug-likeness (QED) is 0.705. The smallest absolute Gasteiger partial charge is 0.292 e. The summed E-state index contributed by atoms with van der Waals surface area (Å²) in [6.07, 6.45) is 3.20. The summed E-state index contributed by atoms with van der Waals surface area (Å²) in [5.74, 6) is 2.04. The second kappa shape index (κ2) is 6.34. The van der Waals surface area contributed by atoms with Crippen LogP contribution in [0.4, 0.5) is 5.82 Å². The predicted octanol–water partition coefficient (Wildman–Crippen LogP) is 1.39. The molecule has 4 rings (SSSR count). The average Bonchev–Trinajstić information content (AvgIpc) is 3.33. The van der Waals surface area contributed by atoms with Gasteiger partial charge in [0.25, 0.3) is 5.91 Å². The molecule has 3 aromatic heterocycles. The van der Waals surface area contributed by atoms with Crippen LogP contribution in [0.3, 0.4) is 0 Å². The van der Waals surface area contributed by atoms with Crippen molar-refractivity contribution < 1.29 is 13.8 Å². The molecule has 128 valence electrons. The van der Waals surface area contributed by atoms with Gasteiger partial charge >= 0.3 is 0 Å². The van der Waals surface area contributed by atoms with Crippen LogP contribution in [0.2, 0.25) is 0 Å². The van der Waals surface area contributed by atoms with E-state index in [0.717, 1.165) is 11.4 Å². The maximum atomic E-state index is 12.2. The van der Waals surface area contributed by atoms with Crippen molar-refractivity contribution in [3.05, 3.63) is 42.2 Å². The molecule has 1 amide bonds. The van der Waals surface area contributed by atoms with Crippen molar-refractivity contribution in [3.63, 3.8) is 0 Å². The van der Waals surface area contributed by atoms with E-state index in [2.05, 4.69) is 25.2 Å². The molecule has 4 heterocycles. The van der Waals surface area contributed by atoms with E-state index in [4.69, 9.17) is 9.05 Å². The largest absolute Gasteiger partial charge is 0.353 e.